The van der Waals surface area contributed by atoms with Crippen molar-refractivity contribution in [2.24, 2.45) is 0 Å². The summed E-state index contributed by atoms with van der Waals surface area (Å²) in [5.74, 6) is 0.513. The van der Waals surface area contributed by atoms with Gasteiger partial charge in [-0.25, -0.2) is 4.79 Å². The summed E-state index contributed by atoms with van der Waals surface area (Å²) in [5, 5.41) is 10.0. The smallest absolute Gasteiger partial charge is 0.790 e. The number of H-pyrrole nitrogens is 1. The molecule has 0 saturated carbocycles. The van der Waals surface area contributed by atoms with Gasteiger partial charge in [-0.1, -0.05) is 12.1 Å². The van der Waals surface area contributed by atoms with Crippen molar-refractivity contribution in [1.29, 1.82) is 0 Å². The number of nitrogens with one attached hydrogen (secondary N) is 1. The Balaban J connectivity index is 0.00000225. The maximum atomic E-state index is 12.2. The van der Waals surface area contributed by atoms with Crippen molar-refractivity contribution >= 4 is 7.82 Å². The number of aromatic amines is 1. The summed E-state index contributed by atoms with van der Waals surface area (Å²) in [6.45, 7) is -0.678. The zero-order valence-corrected chi connectivity index (χ0v) is 21.5. The van der Waals surface area contributed by atoms with Crippen LogP contribution < -0.4 is 84.9 Å². The third-order valence-electron chi connectivity index (χ3n) is 4.26. The van der Waals surface area contributed by atoms with Crippen LogP contribution in [0.2, 0.25) is 0 Å². The van der Waals surface area contributed by atoms with Crippen molar-refractivity contribution in [2.45, 2.75) is 24.9 Å². The van der Waals surface area contributed by atoms with Crippen LogP contribution >= 0.6 is 7.82 Å². The van der Waals surface area contributed by atoms with Gasteiger partial charge in [-0.05, 0) is 17.7 Å². The minimum atomic E-state index is -5.23. The van der Waals surface area contributed by atoms with Crippen LogP contribution in [-0.4, -0.2) is 40.6 Å². The first-order valence-electron chi connectivity index (χ1n) is 8.18. The van der Waals surface area contributed by atoms with Gasteiger partial charge in [0.05, 0.1) is 33.2 Å². The van der Waals surface area contributed by atoms with E-state index in [1.165, 1.54) is 13.3 Å². The first kappa shape index (κ1) is 27.8. The molecule has 11 nitrogen and oxygen atoms in total. The molecule has 1 fully saturated rings. The number of hydrogen-bond donors (Lipinski definition) is 2. The topological polar surface area (TPSA) is 166 Å². The summed E-state index contributed by atoms with van der Waals surface area (Å²) in [4.78, 5) is 47.8. The van der Waals surface area contributed by atoms with Crippen LogP contribution in [0.4, 0.5) is 0 Å². The second-order valence-electron chi connectivity index (χ2n) is 6.12. The summed E-state index contributed by atoms with van der Waals surface area (Å²) in [6.07, 6.45) is -2.08. The second-order valence-corrected chi connectivity index (χ2v) is 7.27. The molecule has 3 rings (SSSR count). The molecule has 2 N–H and O–H groups in total. The predicted molar refractivity (Wildman–Crippen MR) is 91.4 cm³/mol. The molecule has 3 atom stereocenters. The van der Waals surface area contributed by atoms with Gasteiger partial charge in [0.1, 0.15) is 18.1 Å². The number of rotatable bonds is 6. The molecule has 2 aromatic rings. The quantitative estimate of drug-likeness (QED) is 0.316. The van der Waals surface area contributed by atoms with Gasteiger partial charge < -0.3 is 33.5 Å². The molecule has 30 heavy (non-hydrogen) atoms. The molecule has 1 aliphatic rings. The van der Waals surface area contributed by atoms with Crippen LogP contribution in [0, 0.1) is 0 Å². The van der Waals surface area contributed by atoms with Crippen LogP contribution in [0.5, 0.6) is 5.75 Å². The maximum absolute atomic E-state index is 12.2. The molecule has 0 spiro atoms. The number of aliphatic hydroxyl groups excluding tert-OH is 1. The average Bonchev–Trinajstić information content (AvgIpc) is 3.00. The third-order valence-corrected chi connectivity index (χ3v) is 4.73. The molecule has 2 heterocycles. The summed E-state index contributed by atoms with van der Waals surface area (Å²) in [5.41, 5.74) is -0.730. The van der Waals surface area contributed by atoms with Gasteiger partial charge in [0, 0.05) is 12.6 Å². The van der Waals surface area contributed by atoms with Crippen molar-refractivity contribution in [3.8, 4) is 16.9 Å². The third kappa shape index (κ3) is 6.86. The Morgan fingerprint density at radius 2 is 2.03 bits per heavy atom. The Morgan fingerprint density at radius 3 is 2.67 bits per heavy atom. The Hall–Kier alpha value is -0.270. The number of methoxy groups -OCH3 is 1. The molecule has 0 radical (unpaired) electrons. The Bertz CT molecular complexity index is 1020. The molecular formula is C16H17N2Na2O9P. The van der Waals surface area contributed by atoms with E-state index in [0.29, 0.717) is 11.3 Å². The monoisotopic (exact) mass is 458 g/mol. The van der Waals surface area contributed by atoms with Crippen LogP contribution in [-0.2, 0) is 13.8 Å². The first-order valence-corrected chi connectivity index (χ1v) is 9.64. The summed E-state index contributed by atoms with van der Waals surface area (Å²) in [6, 6.07) is 6.64. The van der Waals surface area contributed by atoms with Crippen molar-refractivity contribution in [2.75, 3.05) is 13.7 Å². The largest absolute Gasteiger partial charge is 1.00 e. The van der Waals surface area contributed by atoms with Crippen LogP contribution in [0.25, 0.3) is 11.1 Å². The molecule has 1 aromatic carbocycles. The van der Waals surface area contributed by atoms with E-state index in [4.69, 9.17) is 9.47 Å². The Morgan fingerprint density at radius 1 is 1.33 bits per heavy atom. The van der Waals surface area contributed by atoms with E-state index in [0.717, 1.165) is 4.57 Å². The van der Waals surface area contributed by atoms with Gasteiger partial charge >= 0.3 is 64.8 Å². The normalized spacial score (nSPS) is 20.9. The van der Waals surface area contributed by atoms with E-state index in [1.807, 2.05) is 0 Å². The Labute approximate surface area is 215 Å². The SMILES string of the molecule is COc1cccc(-c2cn([C@H]3CC(O)[C@@H](COP(=O)([O-])[O-])O3)c(=O)[nH]c2=O)c1.[Na+].[Na+]. The number of nitrogens with zero attached hydrogens (tertiary/aromatic N) is 1. The number of aromatic nitrogens is 2. The summed E-state index contributed by atoms with van der Waals surface area (Å²) >= 11 is 0. The van der Waals surface area contributed by atoms with Gasteiger partial charge in [0.25, 0.3) is 5.56 Å². The fourth-order valence-corrected chi connectivity index (χ4v) is 3.23. The number of phosphoric ester groups is 1. The molecular weight excluding hydrogens is 441 g/mol. The van der Waals surface area contributed by atoms with Gasteiger partial charge in [-0.2, -0.15) is 0 Å². The van der Waals surface area contributed by atoms with E-state index in [-0.39, 0.29) is 71.1 Å². The molecule has 0 amide bonds. The molecule has 1 saturated heterocycles. The predicted octanol–water partition coefficient (Wildman–Crippen LogP) is -7.29. The fraction of sp³-hybridized carbons (Fsp3) is 0.375. The van der Waals surface area contributed by atoms with Gasteiger partial charge in [-0.15, -0.1) is 0 Å². The van der Waals surface area contributed by atoms with Crippen LogP contribution in [0.3, 0.4) is 0 Å². The van der Waals surface area contributed by atoms with E-state index in [1.54, 1.807) is 24.3 Å². The zero-order valence-electron chi connectivity index (χ0n) is 16.6. The molecule has 1 aromatic heterocycles. The Kier molecular flexibility index (Phi) is 10.7. The fourth-order valence-electron chi connectivity index (χ4n) is 2.90. The van der Waals surface area contributed by atoms with Crippen molar-refractivity contribution in [3.63, 3.8) is 0 Å². The molecule has 14 heteroatoms. The minimum Gasteiger partial charge on any atom is -0.790 e. The number of phosphoric acid groups is 1. The number of benzene rings is 1. The standard InChI is InChI=1S/C16H19N2O9P.2Na/c1-25-10-4-2-3-9(5-10)11-7-18(16(21)17-15(11)20)14-6-12(19)13(27-14)8-26-28(22,23)24;;/h2-5,7,12-14,19H,6,8H2,1H3,(H,17,20,21)(H2,22,23,24);;/q;2*+1/p-2/t12?,13-,14-;;/m1../s1. The van der Waals surface area contributed by atoms with Crippen LogP contribution in [0.15, 0.2) is 40.1 Å². The van der Waals surface area contributed by atoms with E-state index < -0.39 is 44.1 Å². The van der Waals surface area contributed by atoms with Gasteiger partial charge in [0.15, 0.2) is 0 Å². The van der Waals surface area contributed by atoms with Crippen molar-refractivity contribution in [3.05, 3.63) is 51.3 Å². The first-order chi connectivity index (χ1) is 13.2. The van der Waals surface area contributed by atoms with Crippen molar-refractivity contribution in [1.82, 2.24) is 9.55 Å². The molecule has 152 valence electrons. The number of hydrogen-bond acceptors (Lipinski definition) is 9. The second kappa shape index (κ2) is 11.6. The minimum absolute atomic E-state index is 0. The number of aliphatic hydroxyl groups is 1. The molecule has 1 aliphatic heterocycles. The molecule has 0 bridgehead atoms. The van der Waals surface area contributed by atoms with Gasteiger partial charge in [-0.3, -0.25) is 14.3 Å². The van der Waals surface area contributed by atoms with Crippen molar-refractivity contribution < 1.29 is 92.6 Å². The maximum Gasteiger partial charge on any atom is 1.00 e. The van der Waals surface area contributed by atoms with E-state index >= 15 is 0 Å². The van der Waals surface area contributed by atoms with Gasteiger partial charge in [0.2, 0.25) is 0 Å². The number of ether oxygens (including phenoxy) is 2. The molecule has 0 aliphatic carbocycles. The van der Waals surface area contributed by atoms with E-state index in [9.17, 15) is 29.0 Å². The zero-order chi connectivity index (χ0) is 20.5. The van der Waals surface area contributed by atoms with Crippen LogP contribution in [0.1, 0.15) is 12.6 Å². The molecule has 1 unspecified atom stereocenters. The average molecular weight is 458 g/mol. The summed E-state index contributed by atoms with van der Waals surface area (Å²) < 4.78 is 26.4. The summed E-state index contributed by atoms with van der Waals surface area (Å²) in [7, 11) is -3.75. The van der Waals surface area contributed by atoms with E-state index in [2.05, 4.69) is 9.51 Å².